The van der Waals surface area contributed by atoms with Crippen LogP contribution in [0.1, 0.15) is 24.2 Å². The standard InChI is InChI=1S/C19H22ClN5O3S3/c1-13-11-14(2)22-17(21-13)25(12-30-19(29)24-9-5-6-10-24)18(26)23-31(27,28)16-8-4-3-7-15(16)20/h3-4,7-8,11H,5-6,9-10,12H2,1-2H3,(H,23,26). The molecule has 2 amide bonds. The average Bonchev–Trinajstić information content (AvgIpc) is 3.22. The molecule has 3 rings (SSSR count). The van der Waals surface area contributed by atoms with Gasteiger partial charge in [-0.05, 0) is 44.9 Å². The van der Waals surface area contributed by atoms with E-state index in [1.54, 1.807) is 26.0 Å². The lowest BCUT2D eigenvalue weighted by Gasteiger charge is -2.24. The molecular formula is C19H22ClN5O3S3. The summed E-state index contributed by atoms with van der Waals surface area (Å²) >= 11 is 12.8. The van der Waals surface area contributed by atoms with E-state index in [1.807, 2.05) is 0 Å². The second kappa shape index (κ2) is 10.1. The van der Waals surface area contributed by atoms with Crippen LogP contribution in [-0.2, 0) is 10.0 Å². The van der Waals surface area contributed by atoms with Crippen LogP contribution in [0, 0.1) is 13.8 Å². The van der Waals surface area contributed by atoms with Crippen LogP contribution in [0.15, 0.2) is 35.2 Å². The molecule has 12 heteroatoms. The zero-order valence-corrected chi connectivity index (χ0v) is 20.2. The number of nitrogens with zero attached hydrogens (tertiary/aromatic N) is 4. The van der Waals surface area contributed by atoms with E-state index in [4.69, 9.17) is 23.8 Å². The van der Waals surface area contributed by atoms with Crippen molar-refractivity contribution in [3.8, 4) is 0 Å². The van der Waals surface area contributed by atoms with E-state index in [-0.39, 0.29) is 21.7 Å². The summed E-state index contributed by atoms with van der Waals surface area (Å²) in [6, 6.07) is 6.78. The highest BCUT2D eigenvalue weighted by atomic mass is 35.5. The van der Waals surface area contributed by atoms with Gasteiger partial charge in [0.25, 0.3) is 10.0 Å². The van der Waals surface area contributed by atoms with E-state index in [0.29, 0.717) is 15.7 Å². The molecule has 1 aliphatic rings. The van der Waals surface area contributed by atoms with Gasteiger partial charge in [-0.2, -0.15) is 0 Å². The van der Waals surface area contributed by atoms with Gasteiger partial charge in [0, 0.05) is 24.5 Å². The molecule has 2 heterocycles. The molecule has 1 aromatic heterocycles. The largest absolute Gasteiger partial charge is 0.357 e. The van der Waals surface area contributed by atoms with Crippen molar-refractivity contribution in [1.29, 1.82) is 0 Å². The first-order valence-electron chi connectivity index (χ1n) is 9.50. The normalized spacial score (nSPS) is 13.8. The van der Waals surface area contributed by atoms with E-state index in [0.717, 1.165) is 25.9 Å². The third-order valence-electron chi connectivity index (χ3n) is 4.49. The summed E-state index contributed by atoms with van der Waals surface area (Å²) in [4.78, 5) is 24.7. The van der Waals surface area contributed by atoms with E-state index in [2.05, 4.69) is 19.6 Å². The molecule has 1 N–H and O–H groups in total. The van der Waals surface area contributed by atoms with Gasteiger partial charge in [0.15, 0.2) is 0 Å². The first kappa shape index (κ1) is 23.7. The Morgan fingerprint density at radius 1 is 1.23 bits per heavy atom. The number of likely N-dealkylation sites (tertiary alicyclic amines) is 1. The van der Waals surface area contributed by atoms with Gasteiger partial charge in [-0.15, -0.1) is 0 Å². The Morgan fingerprint density at radius 3 is 2.45 bits per heavy atom. The van der Waals surface area contributed by atoms with Crippen molar-refractivity contribution in [3.63, 3.8) is 0 Å². The molecule has 1 fully saturated rings. The number of sulfonamides is 1. The van der Waals surface area contributed by atoms with Crippen molar-refractivity contribution in [2.24, 2.45) is 0 Å². The van der Waals surface area contributed by atoms with Gasteiger partial charge in [0.2, 0.25) is 5.95 Å². The van der Waals surface area contributed by atoms with Crippen molar-refractivity contribution < 1.29 is 13.2 Å². The van der Waals surface area contributed by atoms with Crippen molar-refractivity contribution in [1.82, 2.24) is 19.6 Å². The molecule has 0 spiro atoms. The maximum absolute atomic E-state index is 13.0. The lowest BCUT2D eigenvalue weighted by atomic mass is 10.3. The summed E-state index contributed by atoms with van der Waals surface area (Å²) in [7, 11) is -4.20. The van der Waals surface area contributed by atoms with Gasteiger partial charge in [-0.25, -0.2) is 27.9 Å². The van der Waals surface area contributed by atoms with Crippen molar-refractivity contribution in [2.45, 2.75) is 31.6 Å². The molecule has 0 unspecified atom stereocenters. The Kier molecular flexibility index (Phi) is 7.73. The number of rotatable bonds is 5. The van der Waals surface area contributed by atoms with Gasteiger partial charge in [0.1, 0.15) is 9.22 Å². The predicted molar refractivity (Wildman–Crippen MR) is 127 cm³/mol. The van der Waals surface area contributed by atoms with Gasteiger partial charge in [-0.1, -0.05) is 47.7 Å². The van der Waals surface area contributed by atoms with Crippen LogP contribution in [0.2, 0.25) is 5.02 Å². The number of hydrogen-bond donors (Lipinski definition) is 1. The number of urea groups is 1. The molecule has 31 heavy (non-hydrogen) atoms. The molecule has 166 valence electrons. The predicted octanol–water partition coefficient (Wildman–Crippen LogP) is 3.72. The summed E-state index contributed by atoms with van der Waals surface area (Å²) in [5.41, 5.74) is 1.31. The molecule has 1 aliphatic heterocycles. The third-order valence-corrected chi connectivity index (χ3v) is 7.81. The zero-order chi connectivity index (χ0) is 22.6. The number of halogens is 1. The number of thiocarbonyl (C=S) groups is 1. The summed E-state index contributed by atoms with van der Waals surface area (Å²) in [5.74, 6) is 0.156. The Morgan fingerprint density at radius 2 is 1.84 bits per heavy atom. The molecule has 1 aromatic carbocycles. The average molecular weight is 500 g/mol. The number of aromatic nitrogens is 2. The van der Waals surface area contributed by atoms with Crippen LogP contribution < -0.4 is 9.62 Å². The number of hydrogen-bond acceptors (Lipinski definition) is 7. The van der Waals surface area contributed by atoms with E-state index < -0.39 is 16.1 Å². The molecule has 0 radical (unpaired) electrons. The molecule has 8 nitrogen and oxygen atoms in total. The lowest BCUT2D eigenvalue weighted by Crippen LogP contribution is -2.44. The number of carbonyl (C=O) groups is 1. The molecule has 1 saturated heterocycles. The minimum atomic E-state index is -4.20. The van der Waals surface area contributed by atoms with Crippen molar-refractivity contribution in [3.05, 3.63) is 46.7 Å². The number of amides is 2. The highest BCUT2D eigenvalue weighted by Gasteiger charge is 2.27. The fraction of sp³-hybridized carbons (Fsp3) is 0.368. The molecule has 0 aliphatic carbocycles. The number of carbonyl (C=O) groups excluding carboxylic acids is 1. The monoisotopic (exact) mass is 499 g/mol. The van der Waals surface area contributed by atoms with Crippen LogP contribution in [-0.4, -0.2) is 52.6 Å². The van der Waals surface area contributed by atoms with Gasteiger partial charge in [-0.3, -0.25) is 4.90 Å². The maximum Gasteiger partial charge on any atom is 0.338 e. The number of nitrogens with one attached hydrogen (secondary N) is 1. The van der Waals surface area contributed by atoms with Crippen LogP contribution in [0.5, 0.6) is 0 Å². The van der Waals surface area contributed by atoms with Crippen LogP contribution in [0.25, 0.3) is 0 Å². The summed E-state index contributed by atoms with van der Waals surface area (Å²) < 4.78 is 28.2. The number of anilines is 1. The zero-order valence-electron chi connectivity index (χ0n) is 17.0. The molecule has 0 bridgehead atoms. The van der Waals surface area contributed by atoms with Crippen LogP contribution in [0.3, 0.4) is 0 Å². The van der Waals surface area contributed by atoms with Gasteiger partial charge < -0.3 is 4.90 Å². The SMILES string of the molecule is Cc1cc(C)nc(N(CSC(=S)N2CCCC2)C(=O)NS(=O)(=O)c2ccccc2Cl)n1. The van der Waals surface area contributed by atoms with Crippen molar-refractivity contribution >= 4 is 61.9 Å². The first-order chi connectivity index (χ1) is 14.7. The smallest absolute Gasteiger partial charge is 0.338 e. The second-order valence-electron chi connectivity index (χ2n) is 6.95. The highest BCUT2D eigenvalue weighted by Crippen LogP contribution is 2.23. The first-order valence-corrected chi connectivity index (χ1v) is 12.8. The second-order valence-corrected chi connectivity index (χ2v) is 10.6. The fourth-order valence-corrected chi connectivity index (χ4v) is 5.68. The Hall–Kier alpha value is -1.95. The molecule has 0 saturated carbocycles. The van der Waals surface area contributed by atoms with Crippen LogP contribution >= 0.6 is 35.6 Å². The fourth-order valence-electron chi connectivity index (χ4n) is 3.03. The minimum Gasteiger partial charge on any atom is -0.357 e. The quantitative estimate of drug-likeness (QED) is 0.491. The summed E-state index contributed by atoms with van der Waals surface area (Å²) in [5, 5.41) is 0.0154. The van der Waals surface area contributed by atoms with E-state index in [1.165, 1.54) is 34.9 Å². The van der Waals surface area contributed by atoms with Gasteiger partial charge >= 0.3 is 6.03 Å². The van der Waals surface area contributed by atoms with E-state index in [9.17, 15) is 13.2 Å². The molecule has 0 atom stereocenters. The van der Waals surface area contributed by atoms with Gasteiger partial charge in [0.05, 0.1) is 10.9 Å². The van der Waals surface area contributed by atoms with E-state index >= 15 is 0 Å². The summed E-state index contributed by atoms with van der Waals surface area (Å²) in [6.07, 6.45) is 2.14. The molecular weight excluding hydrogens is 478 g/mol. The Bertz CT molecular complexity index is 1070. The van der Waals surface area contributed by atoms with Crippen molar-refractivity contribution in [2.75, 3.05) is 23.9 Å². The Balaban J connectivity index is 1.85. The third kappa shape index (κ3) is 6.06. The topological polar surface area (TPSA) is 95.5 Å². The highest BCUT2D eigenvalue weighted by molar-refractivity contribution is 8.23. The molecule has 2 aromatic rings. The number of benzene rings is 1. The number of thioether (sulfide) groups is 1. The minimum absolute atomic E-state index is 0.0154. The maximum atomic E-state index is 13.0. The summed E-state index contributed by atoms with van der Waals surface area (Å²) in [6.45, 7) is 5.30. The number of aryl methyl sites for hydroxylation is 2. The van der Waals surface area contributed by atoms with Crippen LogP contribution in [0.4, 0.5) is 10.7 Å². The lowest BCUT2D eigenvalue weighted by molar-refractivity contribution is 0.251. The Labute approximate surface area is 196 Å².